The minimum Gasteiger partial charge on any atom is -0.474 e. The lowest BCUT2D eigenvalue weighted by molar-refractivity contribution is 0.0244. The number of pyridine rings is 1. The van der Waals surface area contributed by atoms with Crippen LogP contribution in [-0.4, -0.2) is 54.5 Å². The molecule has 0 saturated carbocycles. The van der Waals surface area contributed by atoms with Gasteiger partial charge in [-0.25, -0.2) is 15.0 Å². The van der Waals surface area contributed by atoms with E-state index in [0.29, 0.717) is 18.4 Å². The van der Waals surface area contributed by atoms with Crippen LogP contribution in [0, 0.1) is 5.92 Å². The van der Waals surface area contributed by atoms with Gasteiger partial charge in [0.05, 0.1) is 24.1 Å². The molecule has 4 rings (SSSR count). The number of piperidine rings is 1. The molecule has 2 saturated heterocycles. The zero-order valence-electron chi connectivity index (χ0n) is 17.5. The summed E-state index contributed by atoms with van der Waals surface area (Å²) in [6.45, 7) is 5.38. The van der Waals surface area contributed by atoms with Crippen LogP contribution in [0.2, 0.25) is 0 Å². The molecule has 2 aliphatic heterocycles. The highest BCUT2D eigenvalue weighted by atomic mass is 16.5. The number of hydrogen-bond acceptors (Lipinski definition) is 7. The van der Waals surface area contributed by atoms with Crippen molar-refractivity contribution in [3.63, 3.8) is 0 Å². The molecule has 158 valence electrons. The second-order valence-electron chi connectivity index (χ2n) is 8.26. The van der Waals surface area contributed by atoms with E-state index in [4.69, 9.17) is 24.2 Å². The molecule has 2 aromatic rings. The molecule has 0 aromatic carbocycles. The predicted octanol–water partition coefficient (Wildman–Crippen LogP) is 3.22. The summed E-state index contributed by atoms with van der Waals surface area (Å²) in [7, 11) is 1.73. The van der Waals surface area contributed by atoms with Gasteiger partial charge in [-0.15, -0.1) is 0 Å². The van der Waals surface area contributed by atoms with Crippen molar-refractivity contribution < 1.29 is 14.2 Å². The highest BCUT2D eigenvalue weighted by molar-refractivity contribution is 5.85. The quantitative estimate of drug-likeness (QED) is 0.764. The standard InChI is InChI=1S/C22H32N4O3/c1-15(14-27-2)11-20-24-13-18-21(26-20)17(19-5-3-4-8-23-19)12-25-22(18)29-16-6-9-28-10-7-16/h12-13,15-16,19,23H,3-11,14H2,1-2H3/t15-,19?/m1/s1. The lowest BCUT2D eigenvalue weighted by atomic mass is 9.97. The van der Waals surface area contributed by atoms with Crippen LogP contribution >= 0.6 is 0 Å². The van der Waals surface area contributed by atoms with Crippen LogP contribution in [0.5, 0.6) is 5.88 Å². The fraction of sp³-hybridized carbons (Fsp3) is 0.682. The second kappa shape index (κ2) is 9.78. The van der Waals surface area contributed by atoms with Gasteiger partial charge in [0.15, 0.2) is 0 Å². The summed E-state index contributed by atoms with van der Waals surface area (Å²) in [6, 6.07) is 0.287. The normalized spacial score (nSPS) is 21.9. The number of ether oxygens (including phenoxy) is 3. The first-order valence-electron chi connectivity index (χ1n) is 10.9. The number of hydrogen-bond donors (Lipinski definition) is 1. The summed E-state index contributed by atoms with van der Waals surface area (Å²) < 4.78 is 17.0. The second-order valence-corrected chi connectivity index (χ2v) is 8.26. The number of rotatable bonds is 7. The molecule has 7 heteroatoms. The lowest BCUT2D eigenvalue weighted by Gasteiger charge is -2.26. The van der Waals surface area contributed by atoms with Crippen molar-refractivity contribution >= 4 is 10.9 Å². The van der Waals surface area contributed by atoms with E-state index in [1.54, 1.807) is 7.11 Å². The van der Waals surface area contributed by atoms with Crippen molar-refractivity contribution in [2.24, 2.45) is 5.92 Å². The van der Waals surface area contributed by atoms with Crippen molar-refractivity contribution in [1.82, 2.24) is 20.3 Å². The smallest absolute Gasteiger partial charge is 0.224 e. The molecule has 1 N–H and O–H groups in total. The van der Waals surface area contributed by atoms with Gasteiger partial charge < -0.3 is 19.5 Å². The van der Waals surface area contributed by atoms with Crippen LogP contribution in [-0.2, 0) is 15.9 Å². The maximum atomic E-state index is 6.26. The molecule has 0 radical (unpaired) electrons. The Labute approximate surface area is 172 Å². The van der Waals surface area contributed by atoms with E-state index >= 15 is 0 Å². The molecular weight excluding hydrogens is 368 g/mol. The van der Waals surface area contributed by atoms with Gasteiger partial charge >= 0.3 is 0 Å². The van der Waals surface area contributed by atoms with E-state index in [2.05, 4.69) is 17.2 Å². The molecule has 0 amide bonds. The Hall–Kier alpha value is -1.83. The molecule has 29 heavy (non-hydrogen) atoms. The van der Waals surface area contributed by atoms with E-state index in [0.717, 1.165) is 67.7 Å². The summed E-state index contributed by atoms with van der Waals surface area (Å²) >= 11 is 0. The molecule has 7 nitrogen and oxygen atoms in total. The average molecular weight is 401 g/mol. The number of nitrogens with one attached hydrogen (secondary N) is 1. The van der Waals surface area contributed by atoms with Crippen LogP contribution in [0.25, 0.3) is 10.9 Å². The topological polar surface area (TPSA) is 78.4 Å². The number of nitrogens with zero attached hydrogens (tertiary/aromatic N) is 3. The average Bonchev–Trinajstić information content (AvgIpc) is 2.75. The minimum atomic E-state index is 0.138. The lowest BCUT2D eigenvalue weighted by Crippen LogP contribution is -2.28. The third-order valence-corrected chi connectivity index (χ3v) is 5.78. The Bertz CT molecular complexity index is 804. The monoisotopic (exact) mass is 400 g/mol. The van der Waals surface area contributed by atoms with Crippen LogP contribution < -0.4 is 10.1 Å². The molecule has 2 aliphatic rings. The SMILES string of the molecule is COC[C@H](C)Cc1ncc2c(OC3CCOCC3)ncc(C3CCCCN3)c2n1. The van der Waals surface area contributed by atoms with Gasteiger partial charge in [-0.3, -0.25) is 0 Å². The van der Waals surface area contributed by atoms with Gasteiger partial charge in [0.1, 0.15) is 11.9 Å². The fourth-order valence-corrected chi connectivity index (χ4v) is 4.23. The van der Waals surface area contributed by atoms with Gasteiger partial charge in [-0.1, -0.05) is 13.3 Å². The minimum absolute atomic E-state index is 0.138. The Morgan fingerprint density at radius 2 is 2.03 bits per heavy atom. The Morgan fingerprint density at radius 1 is 1.17 bits per heavy atom. The van der Waals surface area contributed by atoms with Crippen LogP contribution in [0.1, 0.15) is 56.5 Å². The molecule has 2 aromatic heterocycles. The zero-order chi connectivity index (χ0) is 20.1. The fourth-order valence-electron chi connectivity index (χ4n) is 4.23. The van der Waals surface area contributed by atoms with Crippen molar-refractivity contribution in [1.29, 1.82) is 0 Å². The third kappa shape index (κ3) is 5.02. The molecule has 4 heterocycles. The van der Waals surface area contributed by atoms with Gasteiger partial charge in [0, 0.05) is 57.0 Å². The van der Waals surface area contributed by atoms with Crippen molar-refractivity contribution in [3.05, 3.63) is 23.8 Å². The molecular formula is C22H32N4O3. The molecule has 2 atom stereocenters. The molecule has 0 bridgehead atoms. The van der Waals surface area contributed by atoms with Crippen molar-refractivity contribution in [2.45, 2.75) is 57.6 Å². The van der Waals surface area contributed by atoms with Crippen molar-refractivity contribution in [3.8, 4) is 5.88 Å². The first kappa shape index (κ1) is 20.4. The van der Waals surface area contributed by atoms with E-state index in [1.165, 1.54) is 12.8 Å². The van der Waals surface area contributed by atoms with Gasteiger partial charge in [0.2, 0.25) is 5.88 Å². The Balaban J connectivity index is 1.67. The molecule has 2 fully saturated rings. The van der Waals surface area contributed by atoms with Crippen LogP contribution in [0.3, 0.4) is 0 Å². The summed E-state index contributed by atoms with van der Waals surface area (Å²) in [6.07, 6.45) is 10.1. The van der Waals surface area contributed by atoms with Crippen LogP contribution in [0.4, 0.5) is 0 Å². The molecule has 0 aliphatic carbocycles. The maximum Gasteiger partial charge on any atom is 0.224 e. The maximum absolute atomic E-state index is 6.26. The van der Waals surface area contributed by atoms with E-state index in [1.807, 2.05) is 12.4 Å². The number of methoxy groups -OCH3 is 1. The van der Waals surface area contributed by atoms with Crippen LogP contribution in [0.15, 0.2) is 12.4 Å². The Morgan fingerprint density at radius 3 is 2.79 bits per heavy atom. The largest absolute Gasteiger partial charge is 0.474 e. The zero-order valence-corrected chi connectivity index (χ0v) is 17.5. The van der Waals surface area contributed by atoms with Gasteiger partial charge in [-0.2, -0.15) is 0 Å². The first-order chi connectivity index (χ1) is 14.2. The third-order valence-electron chi connectivity index (χ3n) is 5.78. The van der Waals surface area contributed by atoms with E-state index < -0.39 is 0 Å². The van der Waals surface area contributed by atoms with Gasteiger partial charge in [0.25, 0.3) is 0 Å². The number of fused-ring (bicyclic) bond motifs is 1. The van der Waals surface area contributed by atoms with E-state index in [9.17, 15) is 0 Å². The summed E-state index contributed by atoms with van der Waals surface area (Å²) in [5, 5.41) is 4.54. The molecule has 0 spiro atoms. The summed E-state index contributed by atoms with van der Waals surface area (Å²) in [5.41, 5.74) is 2.12. The summed E-state index contributed by atoms with van der Waals surface area (Å²) in [5.74, 6) is 1.86. The predicted molar refractivity (Wildman–Crippen MR) is 111 cm³/mol. The Kier molecular flexibility index (Phi) is 6.90. The first-order valence-corrected chi connectivity index (χ1v) is 10.9. The highest BCUT2D eigenvalue weighted by Crippen LogP contribution is 2.32. The van der Waals surface area contributed by atoms with Gasteiger partial charge in [-0.05, 0) is 25.3 Å². The summed E-state index contributed by atoms with van der Waals surface area (Å²) in [4.78, 5) is 14.3. The number of aromatic nitrogens is 3. The van der Waals surface area contributed by atoms with E-state index in [-0.39, 0.29) is 12.1 Å². The molecule has 1 unspecified atom stereocenters. The van der Waals surface area contributed by atoms with Crippen molar-refractivity contribution in [2.75, 3.05) is 33.5 Å². The highest BCUT2D eigenvalue weighted by Gasteiger charge is 2.23.